The summed E-state index contributed by atoms with van der Waals surface area (Å²) < 4.78 is 21.5. The van der Waals surface area contributed by atoms with Crippen LogP contribution in [0.1, 0.15) is 18.2 Å². The van der Waals surface area contributed by atoms with Crippen molar-refractivity contribution in [2.75, 3.05) is 32.8 Å². The van der Waals surface area contributed by atoms with E-state index in [1.807, 2.05) is 0 Å². The maximum atomic E-state index is 12.7. The van der Waals surface area contributed by atoms with E-state index in [1.54, 1.807) is 62.6 Å². The maximum absolute atomic E-state index is 12.7. The molecule has 1 amide bonds. The number of anilines is 1. The second-order valence-corrected chi connectivity index (χ2v) is 7.18. The monoisotopic (exact) mass is 429 g/mol. The highest BCUT2D eigenvalue weighted by Crippen LogP contribution is 2.38. The van der Waals surface area contributed by atoms with Gasteiger partial charge in [-0.05, 0) is 30.3 Å². The first kappa shape index (κ1) is 20.0. The Labute approximate surface area is 178 Å². The molecule has 1 aliphatic heterocycles. The molecule has 0 aliphatic carbocycles. The summed E-state index contributed by atoms with van der Waals surface area (Å²) in [6, 6.07) is 10.5. The average Bonchev–Trinajstić information content (AvgIpc) is 3.40. The molecule has 8 nitrogen and oxygen atoms in total. The van der Waals surface area contributed by atoms with Crippen LogP contribution in [-0.4, -0.2) is 43.9 Å². The van der Waals surface area contributed by atoms with Gasteiger partial charge in [0.25, 0.3) is 0 Å². The molecule has 0 unspecified atom stereocenters. The molecule has 1 saturated heterocycles. The van der Waals surface area contributed by atoms with E-state index in [0.717, 1.165) is 0 Å². The number of carbonyl (C=O) groups is 1. The normalized spacial score (nSPS) is 16.1. The Bertz CT molecular complexity index is 1080. The van der Waals surface area contributed by atoms with E-state index in [-0.39, 0.29) is 18.2 Å². The lowest BCUT2D eigenvalue weighted by atomic mass is 10.1. The standard InChI is InChI=1S/C21H20ClN3O5/c1-27-14-5-6-15(18(10-14)29-3)20-23-21(30-24-20)12-8-19(26)25(11-12)16-9-13(22)4-7-17(16)28-2/h4-7,9-10,12H,8,11H2,1-3H3/t12-/m1/s1. The van der Waals surface area contributed by atoms with Crippen LogP contribution in [0.15, 0.2) is 40.9 Å². The fourth-order valence-electron chi connectivity index (χ4n) is 3.47. The molecule has 1 aromatic heterocycles. The topological polar surface area (TPSA) is 86.9 Å². The first-order valence-corrected chi connectivity index (χ1v) is 9.61. The van der Waals surface area contributed by atoms with Crippen molar-refractivity contribution in [3.8, 4) is 28.6 Å². The first-order valence-electron chi connectivity index (χ1n) is 9.24. The molecule has 1 fully saturated rings. The quantitative estimate of drug-likeness (QED) is 0.586. The summed E-state index contributed by atoms with van der Waals surface area (Å²) >= 11 is 6.12. The Kier molecular flexibility index (Phi) is 5.50. The zero-order valence-electron chi connectivity index (χ0n) is 16.7. The lowest BCUT2D eigenvalue weighted by Gasteiger charge is -2.19. The fourth-order valence-corrected chi connectivity index (χ4v) is 3.64. The molecule has 0 spiro atoms. The van der Waals surface area contributed by atoms with E-state index < -0.39 is 0 Å². The van der Waals surface area contributed by atoms with Gasteiger partial charge in [0.15, 0.2) is 0 Å². The van der Waals surface area contributed by atoms with E-state index in [4.69, 9.17) is 30.3 Å². The minimum atomic E-state index is -0.244. The number of benzene rings is 2. The summed E-state index contributed by atoms with van der Waals surface area (Å²) in [5, 5.41) is 4.61. The molecular formula is C21H20ClN3O5. The SMILES string of the molecule is COc1ccc(-c2noc([C@@H]3CC(=O)N(c4cc(Cl)ccc4OC)C3)n2)c(OC)c1. The van der Waals surface area contributed by atoms with Gasteiger partial charge >= 0.3 is 0 Å². The molecular weight excluding hydrogens is 410 g/mol. The van der Waals surface area contributed by atoms with Crippen molar-refractivity contribution in [2.24, 2.45) is 0 Å². The number of aromatic nitrogens is 2. The molecule has 4 rings (SSSR count). The van der Waals surface area contributed by atoms with E-state index in [0.29, 0.717) is 51.8 Å². The van der Waals surface area contributed by atoms with Crippen LogP contribution >= 0.6 is 11.6 Å². The van der Waals surface area contributed by atoms with Crippen LogP contribution < -0.4 is 19.1 Å². The molecule has 0 radical (unpaired) electrons. The third kappa shape index (κ3) is 3.66. The molecule has 9 heteroatoms. The number of methoxy groups -OCH3 is 3. The minimum absolute atomic E-state index is 0.0673. The van der Waals surface area contributed by atoms with Crippen molar-refractivity contribution in [3.63, 3.8) is 0 Å². The number of carbonyl (C=O) groups excluding carboxylic acids is 1. The van der Waals surface area contributed by atoms with Gasteiger partial charge in [-0.1, -0.05) is 16.8 Å². The highest BCUT2D eigenvalue weighted by molar-refractivity contribution is 6.31. The van der Waals surface area contributed by atoms with Gasteiger partial charge in [0.1, 0.15) is 17.2 Å². The van der Waals surface area contributed by atoms with Gasteiger partial charge in [0.05, 0.1) is 38.5 Å². The van der Waals surface area contributed by atoms with Gasteiger partial charge in [-0.3, -0.25) is 4.79 Å². The molecule has 2 aromatic carbocycles. The lowest BCUT2D eigenvalue weighted by molar-refractivity contribution is -0.117. The fraction of sp³-hybridized carbons (Fsp3) is 0.286. The number of ether oxygens (including phenoxy) is 3. The molecule has 156 valence electrons. The van der Waals surface area contributed by atoms with Crippen molar-refractivity contribution in [1.29, 1.82) is 0 Å². The van der Waals surface area contributed by atoms with Crippen molar-refractivity contribution in [3.05, 3.63) is 47.3 Å². The van der Waals surface area contributed by atoms with Gasteiger partial charge in [-0.15, -0.1) is 0 Å². The average molecular weight is 430 g/mol. The molecule has 3 aromatic rings. The molecule has 2 heterocycles. The van der Waals surface area contributed by atoms with Crippen LogP contribution in [0.2, 0.25) is 5.02 Å². The second-order valence-electron chi connectivity index (χ2n) is 6.74. The van der Waals surface area contributed by atoms with Gasteiger partial charge in [0, 0.05) is 24.1 Å². The number of hydrogen-bond donors (Lipinski definition) is 0. The van der Waals surface area contributed by atoms with Crippen LogP contribution in [0.3, 0.4) is 0 Å². The molecule has 0 saturated carbocycles. The predicted octanol–water partition coefficient (Wildman–Crippen LogP) is 3.94. The lowest BCUT2D eigenvalue weighted by Crippen LogP contribution is -2.24. The molecule has 0 bridgehead atoms. The Morgan fingerprint density at radius 3 is 2.60 bits per heavy atom. The Balaban J connectivity index is 1.60. The van der Waals surface area contributed by atoms with Crippen LogP contribution in [-0.2, 0) is 4.79 Å². The van der Waals surface area contributed by atoms with Crippen molar-refractivity contribution < 1.29 is 23.5 Å². The predicted molar refractivity (Wildman–Crippen MR) is 111 cm³/mol. The van der Waals surface area contributed by atoms with Crippen molar-refractivity contribution in [2.45, 2.75) is 12.3 Å². The summed E-state index contributed by atoms with van der Waals surface area (Å²) in [6.45, 7) is 0.386. The number of nitrogens with zero attached hydrogens (tertiary/aromatic N) is 3. The highest BCUT2D eigenvalue weighted by Gasteiger charge is 2.36. The third-order valence-corrected chi connectivity index (χ3v) is 5.23. The van der Waals surface area contributed by atoms with Crippen LogP contribution in [0.25, 0.3) is 11.4 Å². The Morgan fingerprint density at radius 2 is 1.87 bits per heavy atom. The highest BCUT2D eigenvalue weighted by atomic mass is 35.5. The van der Waals surface area contributed by atoms with Gasteiger partial charge in [0.2, 0.25) is 17.6 Å². The van der Waals surface area contributed by atoms with Crippen LogP contribution in [0.5, 0.6) is 17.2 Å². The number of hydrogen-bond acceptors (Lipinski definition) is 7. The zero-order chi connectivity index (χ0) is 21.3. The molecule has 30 heavy (non-hydrogen) atoms. The summed E-state index contributed by atoms with van der Waals surface area (Å²) in [7, 11) is 4.70. The number of halogens is 1. The first-order chi connectivity index (χ1) is 14.5. The summed E-state index contributed by atoms with van der Waals surface area (Å²) in [4.78, 5) is 18.8. The number of rotatable bonds is 6. The Morgan fingerprint density at radius 1 is 1.07 bits per heavy atom. The van der Waals surface area contributed by atoms with Crippen molar-refractivity contribution >= 4 is 23.2 Å². The van der Waals surface area contributed by atoms with Gasteiger partial charge in [-0.2, -0.15) is 4.98 Å². The van der Waals surface area contributed by atoms with Crippen LogP contribution in [0.4, 0.5) is 5.69 Å². The maximum Gasteiger partial charge on any atom is 0.232 e. The van der Waals surface area contributed by atoms with E-state index in [1.165, 1.54) is 0 Å². The van der Waals surface area contributed by atoms with E-state index in [9.17, 15) is 4.79 Å². The van der Waals surface area contributed by atoms with Crippen molar-refractivity contribution in [1.82, 2.24) is 10.1 Å². The molecule has 0 N–H and O–H groups in total. The van der Waals surface area contributed by atoms with Gasteiger partial charge < -0.3 is 23.6 Å². The smallest absolute Gasteiger partial charge is 0.232 e. The Hall–Kier alpha value is -3.26. The van der Waals surface area contributed by atoms with E-state index >= 15 is 0 Å². The largest absolute Gasteiger partial charge is 0.497 e. The summed E-state index contributed by atoms with van der Waals surface area (Å²) in [5.41, 5.74) is 1.29. The summed E-state index contributed by atoms with van der Waals surface area (Å²) in [5.74, 6) is 2.26. The molecule has 1 atom stereocenters. The van der Waals surface area contributed by atoms with E-state index in [2.05, 4.69) is 10.1 Å². The number of amides is 1. The van der Waals surface area contributed by atoms with Gasteiger partial charge in [-0.25, -0.2) is 0 Å². The summed E-state index contributed by atoms with van der Waals surface area (Å²) in [6.07, 6.45) is 0.247. The van der Waals surface area contributed by atoms with Crippen LogP contribution in [0, 0.1) is 0 Å². The minimum Gasteiger partial charge on any atom is -0.497 e. The third-order valence-electron chi connectivity index (χ3n) is 5.00. The second kappa shape index (κ2) is 8.23. The molecule has 1 aliphatic rings. The zero-order valence-corrected chi connectivity index (χ0v) is 17.5.